The summed E-state index contributed by atoms with van der Waals surface area (Å²) >= 11 is 0. The van der Waals surface area contributed by atoms with Gasteiger partial charge in [0, 0.05) is 0 Å². The lowest BCUT2D eigenvalue weighted by Gasteiger charge is -2.23. The first-order valence-corrected chi connectivity index (χ1v) is 7.63. The summed E-state index contributed by atoms with van der Waals surface area (Å²) in [6, 6.07) is 8.34. The molecule has 122 valence electrons. The van der Waals surface area contributed by atoms with Crippen molar-refractivity contribution in [2.24, 2.45) is 5.92 Å². The summed E-state index contributed by atoms with van der Waals surface area (Å²) < 4.78 is 5.53. The summed E-state index contributed by atoms with van der Waals surface area (Å²) in [5, 5.41) is 11.5. The van der Waals surface area contributed by atoms with Crippen LogP contribution in [-0.2, 0) is 4.79 Å². The molecule has 1 unspecified atom stereocenters. The fourth-order valence-electron chi connectivity index (χ4n) is 2.79. The summed E-state index contributed by atoms with van der Waals surface area (Å²) in [4.78, 5) is 25.7. The topological polar surface area (TPSA) is 82.4 Å². The molecule has 3 amide bonds. The number of rotatable bonds is 6. The molecule has 0 radical (unpaired) electrons. The minimum atomic E-state index is -0.834. The highest BCUT2D eigenvalue weighted by molar-refractivity contribution is 6.06. The van der Waals surface area contributed by atoms with Crippen LogP contribution in [0.1, 0.15) is 32.8 Å². The van der Waals surface area contributed by atoms with Crippen LogP contribution in [0.2, 0.25) is 0 Å². The van der Waals surface area contributed by atoms with Crippen molar-refractivity contribution in [3.63, 3.8) is 0 Å². The average molecular weight is 315 g/mol. The standard InChI is InChI=1S/C17H21N3O3/c1-12(2)10-17(3)15(21)20(16(22)19-17)8-9-23-14-6-4-13(11-18)5-7-14/h4-7,12H,8-10H2,1-3H3,(H,19,22). The number of hydrogen-bond acceptors (Lipinski definition) is 4. The van der Waals surface area contributed by atoms with Gasteiger partial charge in [0.15, 0.2) is 0 Å². The van der Waals surface area contributed by atoms with Gasteiger partial charge in [-0.05, 0) is 43.5 Å². The average Bonchev–Trinajstić information content (AvgIpc) is 2.70. The molecule has 1 heterocycles. The lowest BCUT2D eigenvalue weighted by molar-refractivity contribution is -0.131. The van der Waals surface area contributed by atoms with Crippen LogP contribution in [0, 0.1) is 17.2 Å². The van der Waals surface area contributed by atoms with E-state index in [4.69, 9.17) is 10.00 Å². The van der Waals surface area contributed by atoms with Crippen LogP contribution in [0.15, 0.2) is 24.3 Å². The Bertz CT molecular complexity index is 633. The van der Waals surface area contributed by atoms with Crippen molar-refractivity contribution < 1.29 is 14.3 Å². The maximum absolute atomic E-state index is 12.5. The third-order valence-corrected chi connectivity index (χ3v) is 3.73. The largest absolute Gasteiger partial charge is 0.492 e. The molecule has 1 saturated heterocycles. The van der Waals surface area contributed by atoms with E-state index in [0.717, 1.165) is 0 Å². The molecule has 2 rings (SSSR count). The van der Waals surface area contributed by atoms with Crippen LogP contribution < -0.4 is 10.1 Å². The van der Waals surface area contributed by atoms with Crippen molar-refractivity contribution in [2.75, 3.05) is 13.2 Å². The first-order valence-electron chi connectivity index (χ1n) is 7.63. The van der Waals surface area contributed by atoms with Crippen LogP contribution in [0.25, 0.3) is 0 Å². The van der Waals surface area contributed by atoms with Gasteiger partial charge in [0.1, 0.15) is 17.9 Å². The second kappa shape index (κ2) is 6.69. The van der Waals surface area contributed by atoms with Crippen molar-refractivity contribution in [1.82, 2.24) is 10.2 Å². The number of nitrogens with one attached hydrogen (secondary N) is 1. The molecule has 1 aliphatic heterocycles. The van der Waals surface area contributed by atoms with E-state index in [9.17, 15) is 9.59 Å². The third-order valence-electron chi connectivity index (χ3n) is 3.73. The monoisotopic (exact) mass is 315 g/mol. The Labute approximate surface area is 136 Å². The Hall–Kier alpha value is -2.55. The van der Waals surface area contributed by atoms with Crippen molar-refractivity contribution in [1.29, 1.82) is 5.26 Å². The van der Waals surface area contributed by atoms with Crippen molar-refractivity contribution in [3.05, 3.63) is 29.8 Å². The van der Waals surface area contributed by atoms with Gasteiger partial charge in [0.05, 0.1) is 18.2 Å². The van der Waals surface area contributed by atoms with E-state index in [2.05, 4.69) is 5.32 Å². The third kappa shape index (κ3) is 3.81. The molecule has 0 bridgehead atoms. The second-order valence-electron chi connectivity index (χ2n) is 6.30. The molecule has 1 aliphatic rings. The molecule has 23 heavy (non-hydrogen) atoms. The van der Waals surface area contributed by atoms with Crippen LogP contribution in [0.5, 0.6) is 5.75 Å². The molecule has 1 atom stereocenters. The Balaban J connectivity index is 1.91. The van der Waals surface area contributed by atoms with E-state index < -0.39 is 5.54 Å². The number of carbonyl (C=O) groups is 2. The zero-order valence-corrected chi connectivity index (χ0v) is 13.6. The Kier molecular flexibility index (Phi) is 4.89. The smallest absolute Gasteiger partial charge is 0.325 e. The first kappa shape index (κ1) is 16.8. The number of ether oxygens (including phenoxy) is 1. The molecule has 1 fully saturated rings. The lowest BCUT2D eigenvalue weighted by atomic mass is 9.91. The molecule has 6 nitrogen and oxygen atoms in total. The van der Waals surface area contributed by atoms with Crippen LogP contribution in [-0.4, -0.2) is 35.5 Å². The van der Waals surface area contributed by atoms with E-state index in [1.54, 1.807) is 31.2 Å². The maximum Gasteiger partial charge on any atom is 0.325 e. The highest BCUT2D eigenvalue weighted by atomic mass is 16.5. The lowest BCUT2D eigenvalue weighted by Crippen LogP contribution is -2.45. The fraction of sp³-hybridized carbons (Fsp3) is 0.471. The first-order chi connectivity index (χ1) is 10.9. The number of benzene rings is 1. The zero-order valence-electron chi connectivity index (χ0n) is 13.6. The van der Waals surface area contributed by atoms with Gasteiger partial charge in [-0.15, -0.1) is 0 Å². The summed E-state index contributed by atoms with van der Waals surface area (Å²) in [5.74, 6) is 0.694. The minimum absolute atomic E-state index is 0.193. The van der Waals surface area contributed by atoms with Gasteiger partial charge in [-0.2, -0.15) is 5.26 Å². The van der Waals surface area contributed by atoms with Crippen molar-refractivity contribution >= 4 is 11.9 Å². The Morgan fingerprint density at radius 2 is 1.96 bits per heavy atom. The SMILES string of the molecule is CC(C)CC1(C)NC(=O)N(CCOc2ccc(C#N)cc2)C1=O. The molecular formula is C17H21N3O3. The van der Waals surface area contributed by atoms with Crippen molar-refractivity contribution in [3.8, 4) is 11.8 Å². The number of urea groups is 1. The summed E-state index contributed by atoms with van der Waals surface area (Å²) in [6.07, 6.45) is 0.602. The van der Waals surface area contributed by atoms with Crippen LogP contribution in [0.4, 0.5) is 4.79 Å². The molecular weight excluding hydrogens is 294 g/mol. The normalized spacial score (nSPS) is 20.6. The van der Waals surface area contributed by atoms with Crippen LogP contribution >= 0.6 is 0 Å². The van der Waals surface area contributed by atoms with Gasteiger partial charge in [-0.3, -0.25) is 9.69 Å². The predicted octanol–water partition coefficient (Wildman–Crippen LogP) is 2.29. The highest BCUT2D eigenvalue weighted by Crippen LogP contribution is 2.24. The van der Waals surface area contributed by atoms with Gasteiger partial charge in [-0.25, -0.2) is 4.79 Å². The summed E-state index contributed by atoms with van der Waals surface area (Å²) in [7, 11) is 0. The molecule has 6 heteroatoms. The molecule has 0 aromatic heterocycles. The molecule has 1 aromatic carbocycles. The van der Waals surface area contributed by atoms with Gasteiger partial charge in [0.25, 0.3) is 5.91 Å². The van der Waals surface area contributed by atoms with E-state index in [0.29, 0.717) is 23.7 Å². The van der Waals surface area contributed by atoms with Gasteiger partial charge in [-0.1, -0.05) is 13.8 Å². The number of hydrogen-bond donors (Lipinski definition) is 1. The summed E-state index contributed by atoms with van der Waals surface area (Å²) in [6.45, 7) is 6.19. The molecule has 0 spiro atoms. The van der Waals surface area contributed by atoms with E-state index in [-0.39, 0.29) is 25.1 Å². The quantitative estimate of drug-likeness (QED) is 0.817. The Morgan fingerprint density at radius 1 is 1.30 bits per heavy atom. The van der Waals surface area contributed by atoms with Gasteiger partial charge in [0.2, 0.25) is 0 Å². The number of amides is 3. The Morgan fingerprint density at radius 3 is 2.52 bits per heavy atom. The van der Waals surface area contributed by atoms with Gasteiger partial charge >= 0.3 is 6.03 Å². The molecule has 0 saturated carbocycles. The van der Waals surface area contributed by atoms with Crippen molar-refractivity contribution in [2.45, 2.75) is 32.7 Å². The molecule has 1 aromatic rings. The van der Waals surface area contributed by atoms with E-state index >= 15 is 0 Å². The van der Waals surface area contributed by atoms with Crippen LogP contribution in [0.3, 0.4) is 0 Å². The second-order valence-corrected chi connectivity index (χ2v) is 6.30. The summed E-state index contributed by atoms with van der Waals surface area (Å²) in [5.41, 5.74) is -0.282. The highest BCUT2D eigenvalue weighted by Gasteiger charge is 2.47. The molecule has 0 aliphatic carbocycles. The number of imide groups is 1. The number of carbonyl (C=O) groups excluding carboxylic acids is 2. The number of nitrogens with zero attached hydrogens (tertiary/aromatic N) is 2. The predicted molar refractivity (Wildman–Crippen MR) is 84.8 cm³/mol. The minimum Gasteiger partial charge on any atom is -0.492 e. The maximum atomic E-state index is 12.5. The fourth-order valence-corrected chi connectivity index (χ4v) is 2.79. The van der Waals surface area contributed by atoms with E-state index in [1.165, 1.54) is 4.90 Å². The van der Waals surface area contributed by atoms with Gasteiger partial charge < -0.3 is 10.1 Å². The molecule has 1 N–H and O–H groups in total. The number of nitriles is 1. The van der Waals surface area contributed by atoms with E-state index in [1.807, 2.05) is 19.9 Å². The zero-order chi connectivity index (χ0) is 17.0.